The van der Waals surface area contributed by atoms with Crippen molar-refractivity contribution in [1.29, 1.82) is 0 Å². The van der Waals surface area contributed by atoms with E-state index in [1.807, 2.05) is 0 Å². The average molecular weight is 258 g/mol. The lowest BCUT2D eigenvalue weighted by atomic mass is 10.3. The van der Waals surface area contributed by atoms with Gasteiger partial charge in [-0.1, -0.05) is 6.07 Å². The van der Waals surface area contributed by atoms with Crippen LogP contribution in [0, 0.1) is 0 Å². The van der Waals surface area contributed by atoms with Crippen molar-refractivity contribution in [2.75, 3.05) is 38.2 Å². The standard InChI is InChI=1S/C11H18N2O3S/c1-13(5-7-14)6-8-17(15,16)11-4-2-3-10(12)9-11/h2-4,9,14H,5-8,12H2,1H3. The summed E-state index contributed by atoms with van der Waals surface area (Å²) in [6.07, 6.45) is 0. The molecule has 17 heavy (non-hydrogen) atoms. The Kier molecular flexibility index (Phi) is 4.92. The lowest BCUT2D eigenvalue weighted by Crippen LogP contribution is -2.28. The SMILES string of the molecule is CN(CCO)CCS(=O)(=O)c1cccc(N)c1. The van der Waals surface area contributed by atoms with Gasteiger partial charge >= 0.3 is 0 Å². The van der Waals surface area contributed by atoms with E-state index in [0.717, 1.165) is 0 Å². The van der Waals surface area contributed by atoms with Gasteiger partial charge in [-0.2, -0.15) is 0 Å². The predicted octanol–water partition coefficient (Wildman–Crippen LogP) is -0.0334. The van der Waals surface area contributed by atoms with Crippen molar-refractivity contribution < 1.29 is 13.5 Å². The van der Waals surface area contributed by atoms with Crippen molar-refractivity contribution in [3.63, 3.8) is 0 Å². The topological polar surface area (TPSA) is 83.6 Å². The minimum absolute atomic E-state index is 0.0208. The molecule has 0 saturated carbocycles. The molecule has 0 radical (unpaired) electrons. The van der Waals surface area contributed by atoms with Gasteiger partial charge in [0.2, 0.25) is 0 Å². The van der Waals surface area contributed by atoms with Gasteiger partial charge in [-0.3, -0.25) is 0 Å². The summed E-state index contributed by atoms with van der Waals surface area (Å²) >= 11 is 0. The van der Waals surface area contributed by atoms with Crippen LogP contribution in [-0.4, -0.2) is 50.9 Å². The second-order valence-electron chi connectivity index (χ2n) is 3.92. The Morgan fingerprint density at radius 2 is 2.06 bits per heavy atom. The highest BCUT2D eigenvalue weighted by atomic mass is 32.2. The first kappa shape index (κ1) is 14.0. The van der Waals surface area contributed by atoms with Crippen molar-refractivity contribution in [2.24, 2.45) is 0 Å². The third kappa shape index (κ3) is 4.33. The zero-order valence-electron chi connectivity index (χ0n) is 9.83. The molecule has 0 unspecified atom stereocenters. The molecule has 0 atom stereocenters. The fourth-order valence-corrected chi connectivity index (χ4v) is 2.77. The molecule has 5 nitrogen and oxygen atoms in total. The molecule has 0 aliphatic rings. The van der Waals surface area contributed by atoms with Crippen LogP contribution in [0.3, 0.4) is 0 Å². The van der Waals surface area contributed by atoms with Crippen LogP contribution in [0.4, 0.5) is 5.69 Å². The maximum absolute atomic E-state index is 11.9. The monoisotopic (exact) mass is 258 g/mol. The van der Waals surface area contributed by atoms with E-state index in [2.05, 4.69) is 0 Å². The maximum Gasteiger partial charge on any atom is 0.179 e. The molecule has 0 aliphatic carbocycles. The highest BCUT2D eigenvalue weighted by molar-refractivity contribution is 7.91. The molecule has 0 saturated heterocycles. The van der Waals surface area contributed by atoms with Crippen LogP contribution in [0.1, 0.15) is 0 Å². The quantitative estimate of drug-likeness (QED) is 0.700. The Morgan fingerprint density at radius 3 is 2.65 bits per heavy atom. The molecular weight excluding hydrogens is 240 g/mol. The number of nitrogens with two attached hydrogens (primary N) is 1. The van der Waals surface area contributed by atoms with Crippen LogP contribution >= 0.6 is 0 Å². The van der Waals surface area contributed by atoms with Crippen LogP contribution in [0.25, 0.3) is 0 Å². The molecule has 1 aromatic carbocycles. The van der Waals surface area contributed by atoms with E-state index in [1.165, 1.54) is 12.1 Å². The lowest BCUT2D eigenvalue weighted by Gasteiger charge is -2.14. The molecule has 0 fully saturated rings. The van der Waals surface area contributed by atoms with Gasteiger partial charge in [-0.15, -0.1) is 0 Å². The average Bonchev–Trinajstić information content (AvgIpc) is 2.27. The first-order chi connectivity index (χ1) is 7.95. The second kappa shape index (κ2) is 6.00. The summed E-state index contributed by atoms with van der Waals surface area (Å²) < 4.78 is 23.9. The van der Waals surface area contributed by atoms with Gasteiger partial charge in [0.15, 0.2) is 9.84 Å². The zero-order valence-corrected chi connectivity index (χ0v) is 10.7. The van der Waals surface area contributed by atoms with Crippen LogP contribution in [-0.2, 0) is 9.84 Å². The number of aliphatic hydroxyl groups excluding tert-OH is 1. The van der Waals surface area contributed by atoms with Crippen LogP contribution in [0.5, 0.6) is 0 Å². The molecule has 1 rings (SSSR count). The molecule has 0 amide bonds. The number of likely N-dealkylation sites (N-methyl/N-ethyl adjacent to an activating group) is 1. The van der Waals surface area contributed by atoms with Gasteiger partial charge in [0.05, 0.1) is 17.3 Å². The molecule has 0 heterocycles. The van der Waals surface area contributed by atoms with Gasteiger partial charge in [-0.25, -0.2) is 8.42 Å². The number of hydrogen-bond acceptors (Lipinski definition) is 5. The fraction of sp³-hybridized carbons (Fsp3) is 0.455. The Hall–Kier alpha value is -1.11. The number of sulfone groups is 1. The third-order valence-corrected chi connectivity index (χ3v) is 4.13. The van der Waals surface area contributed by atoms with Gasteiger partial charge in [-0.05, 0) is 25.2 Å². The Bertz CT molecular complexity index is 460. The zero-order chi connectivity index (χ0) is 12.9. The van der Waals surface area contributed by atoms with Gasteiger partial charge in [0, 0.05) is 18.8 Å². The van der Waals surface area contributed by atoms with Gasteiger partial charge < -0.3 is 15.7 Å². The number of anilines is 1. The molecule has 0 aromatic heterocycles. The van der Waals surface area contributed by atoms with Crippen molar-refractivity contribution >= 4 is 15.5 Å². The number of aliphatic hydroxyl groups is 1. The van der Waals surface area contributed by atoms with E-state index < -0.39 is 9.84 Å². The third-order valence-electron chi connectivity index (χ3n) is 2.44. The van der Waals surface area contributed by atoms with Crippen LogP contribution in [0.15, 0.2) is 29.2 Å². The summed E-state index contributed by atoms with van der Waals surface area (Å²) in [5.41, 5.74) is 5.99. The van der Waals surface area contributed by atoms with E-state index >= 15 is 0 Å². The van der Waals surface area contributed by atoms with Gasteiger partial charge in [0.1, 0.15) is 0 Å². The molecule has 3 N–H and O–H groups in total. The van der Waals surface area contributed by atoms with E-state index in [4.69, 9.17) is 10.8 Å². The summed E-state index contributed by atoms with van der Waals surface area (Å²) in [4.78, 5) is 2.01. The van der Waals surface area contributed by atoms with E-state index in [1.54, 1.807) is 24.1 Å². The summed E-state index contributed by atoms with van der Waals surface area (Å²) in [7, 11) is -1.53. The van der Waals surface area contributed by atoms with E-state index in [0.29, 0.717) is 18.8 Å². The van der Waals surface area contributed by atoms with Crippen molar-refractivity contribution in [2.45, 2.75) is 4.90 Å². The lowest BCUT2D eigenvalue weighted by molar-refractivity contribution is 0.227. The normalized spacial score (nSPS) is 11.9. The molecule has 1 aromatic rings. The number of nitrogen functional groups attached to an aromatic ring is 1. The summed E-state index contributed by atoms with van der Waals surface area (Å²) in [5, 5.41) is 8.71. The van der Waals surface area contributed by atoms with E-state index in [9.17, 15) is 8.42 Å². The van der Waals surface area contributed by atoms with Crippen LogP contribution < -0.4 is 5.73 Å². The number of nitrogens with zero attached hydrogens (tertiary/aromatic N) is 1. The highest BCUT2D eigenvalue weighted by Gasteiger charge is 2.15. The smallest absolute Gasteiger partial charge is 0.179 e. The van der Waals surface area contributed by atoms with Crippen LogP contribution in [0.2, 0.25) is 0 Å². The Balaban J connectivity index is 2.69. The Morgan fingerprint density at radius 1 is 1.35 bits per heavy atom. The maximum atomic E-state index is 11.9. The summed E-state index contributed by atoms with van der Waals surface area (Å²) in [6.45, 7) is 0.874. The predicted molar refractivity (Wildman–Crippen MR) is 67.5 cm³/mol. The number of hydrogen-bond donors (Lipinski definition) is 2. The molecule has 0 bridgehead atoms. The van der Waals surface area contributed by atoms with Crippen molar-refractivity contribution in [3.05, 3.63) is 24.3 Å². The summed E-state index contributed by atoms with van der Waals surface area (Å²) in [6, 6.07) is 6.27. The summed E-state index contributed by atoms with van der Waals surface area (Å²) in [5.74, 6) is 0.0208. The molecule has 96 valence electrons. The van der Waals surface area contributed by atoms with Crippen molar-refractivity contribution in [1.82, 2.24) is 4.90 Å². The number of rotatable bonds is 6. The fourth-order valence-electron chi connectivity index (χ4n) is 1.38. The van der Waals surface area contributed by atoms with Gasteiger partial charge in [0.25, 0.3) is 0 Å². The molecule has 0 spiro atoms. The van der Waals surface area contributed by atoms with E-state index in [-0.39, 0.29) is 17.3 Å². The largest absolute Gasteiger partial charge is 0.399 e. The Labute approximate surface area is 102 Å². The second-order valence-corrected chi connectivity index (χ2v) is 6.03. The van der Waals surface area contributed by atoms with Crippen molar-refractivity contribution in [3.8, 4) is 0 Å². The first-order valence-corrected chi connectivity index (χ1v) is 6.98. The first-order valence-electron chi connectivity index (χ1n) is 5.33. The number of benzene rings is 1. The molecular formula is C11H18N2O3S. The minimum Gasteiger partial charge on any atom is -0.399 e. The molecule has 6 heteroatoms. The molecule has 0 aliphatic heterocycles. The minimum atomic E-state index is -3.30. The highest BCUT2D eigenvalue weighted by Crippen LogP contribution is 2.14.